The van der Waals surface area contributed by atoms with Gasteiger partial charge in [0.1, 0.15) is 0 Å². The third-order valence-corrected chi connectivity index (χ3v) is 6.69. The fourth-order valence-electron chi connectivity index (χ4n) is 5.03. The van der Waals surface area contributed by atoms with Crippen molar-refractivity contribution in [1.82, 2.24) is 4.57 Å². The molecule has 3 aliphatic heterocycles. The molecule has 1 N–H and O–H groups in total. The van der Waals surface area contributed by atoms with Crippen molar-refractivity contribution >= 4 is 16.6 Å². The van der Waals surface area contributed by atoms with Gasteiger partial charge in [0.25, 0.3) is 0 Å². The van der Waals surface area contributed by atoms with Crippen molar-refractivity contribution in [2.75, 3.05) is 39.6 Å². The molecule has 0 amide bonds. The van der Waals surface area contributed by atoms with Crippen molar-refractivity contribution in [3.63, 3.8) is 0 Å². The van der Waals surface area contributed by atoms with Crippen LogP contribution >= 0.6 is 0 Å². The molecule has 3 aliphatic rings. The summed E-state index contributed by atoms with van der Waals surface area (Å²) in [6.07, 6.45) is 4.25. The lowest BCUT2D eigenvalue weighted by atomic mass is 9.93. The van der Waals surface area contributed by atoms with Crippen molar-refractivity contribution in [1.29, 1.82) is 0 Å². The highest BCUT2D eigenvalue weighted by Crippen LogP contribution is 2.39. The first-order chi connectivity index (χ1) is 14.2. The van der Waals surface area contributed by atoms with E-state index in [2.05, 4.69) is 34.7 Å². The van der Waals surface area contributed by atoms with Gasteiger partial charge in [0.15, 0.2) is 0 Å². The molecule has 1 aromatic heterocycles. The maximum absolute atomic E-state index is 11.3. The molecule has 2 aromatic rings. The molecule has 6 nitrogen and oxygen atoms in total. The number of hydrogen-bond donors (Lipinski definition) is 1. The van der Waals surface area contributed by atoms with Crippen LogP contribution in [0.5, 0.6) is 5.88 Å². The van der Waals surface area contributed by atoms with Crippen LogP contribution < -0.4 is 0 Å². The van der Waals surface area contributed by atoms with E-state index in [1.54, 1.807) is 0 Å². The number of nitrogens with zero attached hydrogens (tertiary/aromatic N) is 2. The zero-order chi connectivity index (χ0) is 19.8. The molecule has 156 valence electrons. The van der Waals surface area contributed by atoms with E-state index in [1.165, 1.54) is 5.56 Å². The predicted molar refractivity (Wildman–Crippen MR) is 112 cm³/mol. The fraction of sp³-hybridized carbons (Fsp3) is 0.609. The first kappa shape index (κ1) is 19.1. The number of aliphatic imine (C=N–C) groups is 1. The summed E-state index contributed by atoms with van der Waals surface area (Å²) in [7, 11) is 0. The van der Waals surface area contributed by atoms with Gasteiger partial charge < -0.3 is 23.9 Å². The zero-order valence-electron chi connectivity index (χ0n) is 17.1. The Labute approximate surface area is 171 Å². The summed E-state index contributed by atoms with van der Waals surface area (Å²) in [6.45, 7) is 6.25. The normalized spacial score (nSPS) is 26.2. The van der Waals surface area contributed by atoms with E-state index in [4.69, 9.17) is 14.2 Å². The van der Waals surface area contributed by atoms with Crippen LogP contribution in [0, 0.1) is 5.92 Å². The number of aromatic hydroxyl groups is 1. The molecular weight excluding hydrogens is 368 g/mol. The standard InChI is InChI=1S/C23H30N2O4/c1-15-17(4-10-29-15)12-16-2-3-21-19(13-16)22(20-14-28-11-7-24-20)23(26)25(21)18-5-8-27-9-6-18/h2-3,13,15,17-18,26H,4-12,14H2,1H3. The second-order valence-electron chi connectivity index (χ2n) is 8.47. The predicted octanol–water partition coefficient (Wildman–Crippen LogP) is 3.49. The van der Waals surface area contributed by atoms with E-state index in [0.717, 1.165) is 67.7 Å². The summed E-state index contributed by atoms with van der Waals surface area (Å²) < 4.78 is 19.1. The molecule has 0 radical (unpaired) electrons. The number of aromatic nitrogens is 1. The second-order valence-corrected chi connectivity index (χ2v) is 8.47. The van der Waals surface area contributed by atoms with Crippen LogP contribution in [0.15, 0.2) is 23.2 Å². The van der Waals surface area contributed by atoms with E-state index in [-0.39, 0.29) is 6.04 Å². The summed E-state index contributed by atoms with van der Waals surface area (Å²) in [5.74, 6) is 0.878. The highest BCUT2D eigenvalue weighted by atomic mass is 16.5. The van der Waals surface area contributed by atoms with Gasteiger partial charge in [-0.15, -0.1) is 0 Å². The maximum atomic E-state index is 11.3. The van der Waals surface area contributed by atoms with Gasteiger partial charge in [0.05, 0.1) is 42.7 Å². The van der Waals surface area contributed by atoms with E-state index >= 15 is 0 Å². The average Bonchev–Trinajstić information content (AvgIpc) is 3.28. The zero-order valence-corrected chi connectivity index (χ0v) is 17.1. The van der Waals surface area contributed by atoms with Crippen LogP contribution in [-0.2, 0) is 20.6 Å². The molecule has 2 unspecified atom stereocenters. The van der Waals surface area contributed by atoms with Gasteiger partial charge >= 0.3 is 0 Å². The lowest BCUT2D eigenvalue weighted by Crippen LogP contribution is -2.20. The SMILES string of the molecule is CC1OCCC1Cc1ccc2c(c1)c(C1=NCCOC1)c(O)n2C1CCOCC1. The quantitative estimate of drug-likeness (QED) is 0.856. The molecular formula is C23H30N2O4. The lowest BCUT2D eigenvalue weighted by Gasteiger charge is -2.25. The van der Waals surface area contributed by atoms with E-state index in [9.17, 15) is 5.11 Å². The Morgan fingerprint density at radius 2 is 1.97 bits per heavy atom. The van der Waals surface area contributed by atoms with Crippen molar-refractivity contribution in [3.05, 3.63) is 29.3 Å². The molecule has 4 heterocycles. The monoisotopic (exact) mass is 398 g/mol. The van der Waals surface area contributed by atoms with E-state index in [0.29, 0.717) is 37.7 Å². The van der Waals surface area contributed by atoms with Gasteiger partial charge in [0.2, 0.25) is 5.88 Å². The summed E-state index contributed by atoms with van der Waals surface area (Å²) in [5.41, 5.74) is 4.09. The van der Waals surface area contributed by atoms with Crippen LogP contribution in [0.4, 0.5) is 0 Å². The Morgan fingerprint density at radius 3 is 2.69 bits per heavy atom. The number of rotatable bonds is 4. The molecule has 2 atom stereocenters. The Balaban J connectivity index is 1.59. The first-order valence-corrected chi connectivity index (χ1v) is 10.9. The summed E-state index contributed by atoms with van der Waals surface area (Å²) in [6, 6.07) is 6.89. The van der Waals surface area contributed by atoms with Crippen molar-refractivity contribution in [2.45, 2.75) is 44.8 Å². The largest absolute Gasteiger partial charge is 0.494 e. The molecule has 6 heteroatoms. The van der Waals surface area contributed by atoms with Crippen LogP contribution in [0.1, 0.15) is 43.4 Å². The fourth-order valence-corrected chi connectivity index (χ4v) is 5.03. The molecule has 0 bridgehead atoms. The minimum Gasteiger partial charge on any atom is -0.494 e. The van der Waals surface area contributed by atoms with Gasteiger partial charge in [-0.3, -0.25) is 4.99 Å². The van der Waals surface area contributed by atoms with E-state index in [1.807, 2.05) is 0 Å². The van der Waals surface area contributed by atoms with Crippen LogP contribution in [0.25, 0.3) is 10.9 Å². The first-order valence-electron chi connectivity index (χ1n) is 10.9. The van der Waals surface area contributed by atoms with Gasteiger partial charge in [-0.05, 0) is 56.2 Å². The van der Waals surface area contributed by atoms with Gasteiger partial charge in [0, 0.05) is 31.2 Å². The molecule has 1 aromatic carbocycles. The summed E-state index contributed by atoms with van der Waals surface area (Å²) >= 11 is 0. The lowest BCUT2D eigenvalue weighted by molar-refractivity contribution is 0.0688. The summed E-state index contributed by atoms with van der Waals surface area (Å²) in [4.78, 5) is 4.69. The van der Waals surface area contributed by atoms with Crippen LogP contribution in [0.3, 0.4) is 0 Å². The third-order valence-electron chi connectivity index (χ3n) is 6.69. The summed E-state index contributed by atoms with van der Waals surface area (Å²) in [5, 5.41) is 12.4. The smallest absolute Gasteiger partial charge is 0.201 e. The molecule has 0 aliphatic carbocycles. The second kappa shape index (κ2) is 8.09. The topological polar surface area (TPSA) is 65.2 Å². The van der Waals surface area contributed by atoms with Crippen molar-refractivity contribution in [3.8, 4) is 5.88 Å². The Kier molecular flexibility index (Phi) is 5.33. The average molecular weight is 399 g/mol. The Bertz CT molecular complexity index is 913. The Hall–Kier alpha value is -1.89. The van der Waals surface area contributed by atoms with Gasteiger partial charge in [-0.25, -0.2) is 0 Å². The molecule has 5 rings (SSSR count). The van der Waals surface area contributed by atoms with E-state index < -0.39 is 0 Å². The molecule has 2 saturated heterocycles. The Morgan fingerprint density at radius 1 is 1.10 bits per heavy atom. The van der Waals surface area contributed by atoms with Gasteiger partial charge in [-0.2, -0.15) is 0 Å². The maximum Gasteiger partial charge on any atom is 0.201 e. The highest BCUT2D eigenvalue weighted by Gasteiger charge is 2.29. The van der Waals surface area contributed by atoms with Crippen LogP contribution in [-0.4, -0.2) is 61.1 Å². The minimum atomic E-state index is 0.249. The third kappa shape index (κ3) is 3.58. The van der Waals surface area contributed by atoms with Crippen LogP contribution in [0.2, 0.25) is 0 Å². The number of ether oxygens (including phenoxy) is 3. The van der Waals surface area contributed by atoms with Crippen molar-refractivity contribution < 1.29 is 19.3 Å². The number of benzene rings is 1. The highest BCUT2D eigenvalue weighted by molar-refractivity contribution is 6.14. The minimum absolute atomic E-state index is 0.249. The molecule has 29 heavy (non-hydrogen) atoms. The number of hydrogen-bond acceptors (Lipinski definition) is 5. The molecule has 0 spiro atoms. The molecule has 0 saturated carbocycles. The molecule has 2 fully saturated rings. The van der Waals surface area contributed by atoms with Crippen molar-refractivity contribution in [2.24, 2.45) is 10.9 Å². The number of fused-ring (bicyclic) bond motifs is 1. The van der Waals surface area contributed by atoms with Gasteiger partial charge in [-0.1, -0.05) is 6.07 Å².